The highest BCUT2D eigenvalue weighted by Crippen LogP contribution is 2.39. The summed E-state index contributed by atoms with van der Waals surface area (Å²) < 4.78 is 9.62. The van der Waals surface area contributed by atoms with E-state index in [4.69, 9.17) is 14.7 Å². The molecule has 2 rings (SSSR count). The molecule has 0 saturated carbocycles. The highest BCUT2D eigenvalue weighted by molar-refractivity contribution is 6.03. The average molecular weight is 375 g/mol. The number of dihydropyridines is 1. The van der Waals surface area contributed by atoms with E-state index in [0.29, 0.717) is 11.3 Å². The van der Waals surface area contributed by atoms with Crippen molar-refractivity contribution in [1.29, 1.82) is 0 Å². The molecule has 0 aromatic heterocycles. The zero-order valence-corrected chi connectivity index (χ0v) is 14.8. The number of oxime groups is 1. The molecule has 1 aromatic carbocycles. The summed E-state index contributed by atoms with van der Waals surface area (Å²) in [5.74, 6) is -2.56. The second-order valence-electron chi connectivity index (χ2n) is 5.50. The summed E-state index contributed by atoms with van der Waals surface area (Å²) in [5, 5.41) is 25.8. The Bertz CT molecular complexity index is 886. The van der Waals surface area contributed by atoms with Gasteiger partial charge in [0.15, 0.2) is 0 Å². The smallest absolute Gasteiger partial charge is 0.336 e. The SMILES string of the molecule is COC(=O)C1=C(C)NC(/C=N\O)=C(C(=O)OC)C1c1cccc([N+](=O)[O-])c1. The summed E-state index contributed by atoms with van der Waals surface area (Å²) in [7, 11) is 2.33. The van der Waals surface area contributed by atoms with Crippen molar-refractivity contribution in [1.82, 2.24) is 5.32 Å². The zero-order chi connectivity index (χ0) is 20.1. The normalized spacial score (nSPS) is 16.9. The van der Waals surface area contributed by atoms with Crippen molar-refractivity contribution < 1.29 is 29.2 Å². The van der Waals surface area contributed by atoms with Crippen LogP contribution in [0.1, 0.15) is 18.4 Å². The molecule has 27 heavy (non-hydrogen) atoms. The second kappa shape index (κ2) is 8.13. The Balaban J connectivity index is 2.81. The number of hydrogen-bond acceptors (Lipinski definition) is 9. The van der Waals surface area contributed by atoms with E-state index in [2.05, 4.69) is 10.5 Å². The van der Waals surface area contributed by atoms with Gasteiger partial charge in [-0.15, -0.1) is 0 Å². The number of nitro groups is 1. The highest BCUT2D eigenvalue weighted by Gasteiger charge is 2.38. The number of hydrogen-bond donors (Lipinski definition) is 2. The molecule has 0 aliphatic carbocycles. The van der Waals surface area contributed by atoms with Gasteiger partial charge in [-0.1, -0.05) is 17.3 Å². The van der Waals surface area contributed by atoms with Crippen LogP contribution in [0.25, 0.3) is 0 Å². The van der Waals surface area contributed by atoms with E-state index in [1.54, 1.807) is 6.92 Å². The lowest BCUT2D eigenvalue weighted by molar-refractivity contribution is -0.384. The van der Waals surface area contributed by atoms with E-state index in [1.165, 1.54) is 31.4 Å². The molecule has 0 bridgehead atoms. The number of rotatable bonds is 5. The molecule has 142 valence electrons. The van der Waals surface area contributed by atoms with Crippen LogP contribution in [0.4, 0.5) is 5.69 Å². The molecule has 1 unspecified atom stereocenters. The Labute approximate surface area is 153 Å². The van der Waals surface area contributed by atoms with Gasteiger partial charge in [-0.2, -0.15) is 0 Å². The third-order valence-corrected chi connectivity index (χ3v) is 4.01. The second-order valence-corrected chi connectivity index (χ2v) is 5.50. The van der Waals surface area contributed by atoms with E-state index in [9.17, 15) is 19.7 Å². The fourth-order valence-electron chi connectivity index (χ4n) is 2.88. The monoisotopic (exact) mass is 375 g/mol. The molecular formula is C17H17N3O7. The van der Waals surface area contributed by atoms with Crippen molar-refractivity contribution in [3.8, 4) is 0 Å². The highest BCUT2D eigenvalue weighted by atomic mass is 16.6. The number of non-ortho nitro benzene ring substituents is 1. The molecule has 0 radical (unpaired) electrons. The zero-order valence-electron chi connectivity index (χ0n) is 14.8. The largest absolute Gasteiger partial charge is 0.466 e. The number of nitro benzene ring substituents is 1. The molecule has 1 aromatic rings. The number of allylic oxidation sites excluding steroid dienone is 2. The van der Waals surface area contributed by atoms with Gasteiger partial charge in [-0.25, -0.2) is 9.59 Å². The predicted octanol–water partition coefficient (Wildman–Crippen LogP) is 1.62. The maximum absolute atomic E-state index is 12.4. The molecule has 1 atom stereocenters. The molecule has 1 aliphatic rings. The van der Waals surface area contributed by atoms with Crippen molar-refractivity contribution >= 4 is 23.8 Å². The van der Waals surface area contributed by atoms with Crippen molar-refractivity contribution in [2.75, 3.05) is 14.2 Å². The topological polar surface area (TPSA) is 140 Å². The Morgan fingerprint density at radius 1 is 1.26 bits per heavy atom. The van der Waals surface area contributed by atoms with Gasteiger partial charge in [0.2, 0.25) is 0 Å². The molecule has 0 saturated heterocycles. The Hall–Kier alpha value is -3.69. The van der Waals surface area contributed by atoms with Crippen LogP contribution in [0.15, 0.2) is 52.0 Å². The van der Waals surface area contributed by atoms with Gasteiger partial charge in [-0.3, -0.25) is 10.1 Å². The van der Waals surface area contributed by atoms with E-state index in [1.807, 2.05) is 0 Å². The molecule has 10 nitrogen and oxygen atoms in total. The predicted molar refractivity (Wildman–Crippen MR) is 93.0 cm³/mol. The van der Waals surface area contributed by atoms with Gasteiger partial charge in [-0.05, 0) is 12.5 Å². The fourth-order valence-corrected chi connectivity index (χ4v) is 2.88. The number of esters is 2. The molecule has 2 N–H and O–H groups in total. The lowest BCUT2D eigenvalue weighted by Gasteiger charge is -2.29. The van der Waals surface area contributed by atoms with Crippen molar-refractivity contribution in [2.45, 2.75) is 12.8 Å². The van der Waals surface area contributed by atoms with E-state index >= 15 is 0 Å². The Kier molecular flexibility index (Phi) is 5.91. The summed E-state index contributed by atoms with van der Waals surface area (Å²) in [6, 6.07) is 5.52. The number of nitrogens with one attached hydrogen (secondary N) is 1. The first-order valence-corrected chi connectivity index (χ1v) is 7.66. The van der Waals surface area contributed by atoms with Crippen LogP contribution in [-0.4, -0.2) is 42.5 Å². The molecule has 1 aliphatic heterocycles. The number of benzene rings is 1. The van der Waals surface area contributed by atoms with Gasteiger partial charge in [0.25, 0.3) is 5.69 Å². The summed E-state index contributed by atoms with van der Waals surface area (Å²) in [6.07, 6.45) is 0.980. The van der Waals surface area contributed by atoms with E-state index < -0.39 is 22.8 Å². The number of carbonyl (C=O) groups is 2. The lowest BCUT2D eigenvalue weighted by atomic mass is 9.80. The molecule has 1 heterocycles. The minimum Gasteiger partial charge on any atom is -0.466 e. The average Bonchev–Trinajstić information content (AvgIpc) is 2.66. The van der Waals surface area contributed by atoms with E-state index in [0.717, 1.165) is 13.3 Å². The molecule has 0 spiro atoms. The van der Waals surface area contributed by atoms with Gasteiger partial charge >= 0.3 is 11.9 Å². The number of methoxy groups -OCH3 is 2. The molecule has 0 amide bonds. The minimum atomic E-state index is -1.03. The van der Waals surface area contributed by atoms with Crippen LogP contribution < -0.4 is 5.32 Å². The van der Waals surface area contributed by atoms with Crippen LogP contribution in [0.2, 0.25) is 0 Å². The first-order chi connectivity index (χ1) is 12.8. The standard InChI is InChI=1S/C17H17N3O7/c1-9-13(16(21)26-2)14(10-5-4-6-11(7-10)20(24)25)15(17(22)27-3)12(19-9)8-18-23/h4-8,14,19,23H,1-3H3/b18-8-. The fraction of sp³-hybridized carbons (Fsp3) is 0.235. The van der Waals surface area contributed by atoms with Gasteiger partial charge < -0.3 is 20.0 Å². The van der Waals surface area contributed by atoms with Crippen LogP contribution in [0.5, 0.6) is 0 Å². The van der Waals surface area contributed by atoms with Gasteiger partial charge in [0.1, 0.15) is 0 Å². The van der Waals surface area contributed by atoms with Crippen LogP contribution in [0, 0.1) is 10.1 Å². The molecule has 0 fully saturated rings. The first-order valence-electron chi connectivity index (χ1n) is 7.66. The summed E-state index contributed by atoms with van der Waals surface area (Å²) in [4.78, 5) is 35.4. The van der Waals surface area contributed by atoms with Gasteiger partial charge in [0, 0.05) is 17.8 Å². The summed E-state index contributed by atoms with van der Waals surface area (Å²) >= 11 is 0. The van der Waals surface area contributed by atoms with Crippen molar-refractivity contribution in [3.05, 3.63) is 62.5 Å². The van der Waals surface area contributed by atoms with Gasteiger partial charge in [0.05, 0.1) is 48.1 Å². The summed E-state index contributed by atoms with van der Waals surface area (Å²) in [5.41, 5.74) is 0.534. The van der Waals surface area contributed by atoms with E-state index in [-0.39, 0.29) is 22.5 Å². The minimum absolute atomic E-state index is 0.0539. The van der Waals surface area contributed by atoms with Crippen LogP contribution in [-0.2, 0) is 19.1 Å². The Morgan fingerprint density at radius 2 is 1.89 bits per heavy atom. The molecule has 10 heteroatoms. The maximum atomic E-state index is 12.4. The number of nitrogens with zero attached hydrogens (tertiary/aromatic N) is 2. The number of carbonyl (C=O) groups excluding carboxylic acids is 2. The first kappa shape index (κ1) is 19.6. The quantitative estimate of drug-likeness (QED) is 0.260. The maximum Gasteiger partial charge on any atom is 0.336 e. The summed E-state index contributed by atoms with van der Waals surface area (Å²) in [6.45, 7) is 1.57. The lowest BCUT2D eigenvalue weighted by Crippen LogP contribution is -2.33. The van der Waals surface area contributed by atoms with Crippen molar-refractivity contribution in [3.63, 3.8) is 0 Å². The van der Waals surface area contributed by atoms with Crippen LogP contribution in [0.3, 0.4) is 0 Å². The third-order valence-electron chi connectivity index (χ3n) is 4.01. The van der Waals surface area contributed by atoms with Crippen LogP contribution >= 0.6 is 0 Å². The Morgan fingerprint density at radius 3 is 2.44 bits per heavy atom. The molecular weight excluding hydrogens is 358 g/mol. The number of ether oxygens (including phenoxy) is 2. The third kappa shape index (κ3) is 3.78. The van der Waals surface area contributed by atoms with Crippen molar-refractivity contribution in [2.24, 2.45) is 5.16 Å².